The maximum Gasteiger partial charge on any atom is 0.119 e. The van der Waals surface area contributed by atoms with Crippen molar-refractivity contribution in [2.45, 2.75) is 6.42 Å². The number of benzene rings is 1. The number of hydrogen-bond donors (Lipinski definition) is 1. The van der Waals surface area contributed by atoms with E-state index >= 15 is 0 Å². The molecule has 15 heavy (non-hydrogen) atoms. The van der Waals surface area contributed by atoms with E-state index in [4.69, 9.17) is 10.5 Å². The number of halogens is 1. The number of hydrogen-bond acceptors (Lipinski definition) is 3. The Balaban J connectivity index is 2.07. The first kappa shape index (κ1) is 12.9. The highest BCUT2D eigenvalue weighted by Crippen LogP contribution is 2.16. The first-order valence-corrected chi connectivity index (χ1v) is 6.94. The highest BCUT2D eigenvalue weighted by molar-refractivity contribution is 9.10. The van der Waals surface area contributed by atoms with Gasteiger partial charge in [0.2, 0.25) is 0 Å². The summed E-state index contributed by atoms with van der Waals surface area (Å²) in [6, 6.07) is 7.90. The summed E-state index contributed by atoms with van der Waals surface area (Å²) in [6.07, 6.45) is 1.09. The molecule has 0 aliphatic rings. The van der Waals surface area contributed by atoms with E-state index in [9.17, 15) is 0 Å². The average molecular weight is 290 g/mol. The van der Waals surface area contributed by atoms with Gasteiger partial charge in [-0.3, -0.25) is 0 Å². The third-order valence-corrected chi connectivity index (χ3v) is 3.36. The fourth-order valence-corrected chi connectivity index (χ4v) is 2.08. The highest BCUT2D eigenvalue weighted by atomic mass is 79.9. The van der Waals surface area contributed by atoms with Crippen molar-refractivity contribution in [2.24, 2.45) is 5.73 Å². The molecule has 0 saturated carbocycles. The minimum atomic E-state index is 0.761. The molecule has 0 spiro atoms. The van der Waals surface area contributed by atoms with Gasteiger partial charge in [-0.1, -0.05) is 15.9 Å². The second-order valence-electron chi connectivity index (χ2n) is 3.06. The van der Waals surface area contributed by atoms with Gasteiger partial charge in [-0.2, -0.15) is 11.8 Å². The largest absolute Gasteiger partial charge is 0.493 e. The monoisotopic (exact) mass is 289 g/mol. The van der Waals surface area contributed by atoms with Crippen molar-refractivity contribution in [2.75, 3.05) is 24.7 Å². The van der Waals surface area contributed by atoms with E-state index in [0.29, 0.717) is 0 Å². The standard InChI is InChI=1S/C11H16BrNOS/c12-10-2-4-11(5-3-10)14-7-9-15-8-1-6-13/h2-5H,1,6-9,13H2. The molecule has 0 aliphatic heterocycles. The van der Waals surface area contributed by atoms with Gasteiger partial charge < -0.3 is 10.5 Å². The number of thioether (sulfide) groups is 1. The normalized spacial score (nSPS) is 10.3. The van der Waals surface area contributed by atoms with Crippen molar-refractivity contribution < 1.29 is 4.74 Å². The van der Waals surface area contributed by atoms with Gasteiger partial charge in [0.15, 0.2) is 0 Å². The van der Waals surface area contributed by atoms with Crippen molar-refractivity contribution >= 4 is 27.7 Å². The highest BCUT2D eigenvalue weighted by Gasteiger charge is 1.93. The van der Waals surface area contributed by atoms with Crippen LogP contribution < -0.4 is 10.5 Å². The zero-order valence-corrected chi connectivity index (χ0v) is 11.0. The van der Waals surface area contributed by atoms with Crippen molar-refractivity contribution in [3.8, 4) is 5.75 Å². The molecule has 0 fully saturated rings. The Bertz CT molecular complexity index is 266. The summed E-state index contributed by atoms with van der Waals surface area (Å²) in [6.45, 7) is 1.54. The molecule has 0 bridgehead atoms. The Morgan fingerprint density at radius 3 is 2.60 bits per heavy atom. The number of rotatable bonds is 7. The van der Waals surface area contributed by atoms with Crippen molar-refractivity contribution in [3.63, 3.8) is 0 Å². The van der Waals surface area contributed by atoms with Crippen LogP contribution in [0.5, 0.6) is 5.75 Å². The lowest BCUT2D eigenvalue weighted by Crippen LogP contribution is -2.03. The van der Waals surface area contributed by atoms with Gasteiger partial charge in [0.05, 0.1) is 6.61 Å². The van der Waals surface area contributed by atoms with Gasteiger partial charge in [0.1, 0.15) is 5.75 Å². The van der Waals surface area contributed by atoms with E-state index in [0.717, 1.165) is 41.3 Å². The molecule has 0 atom stereocenters. The Hall–Kier alpha value is -0.190. The van der Waals surface area contributed by atoms with Crippen LogP contribution in [-0.2, 0) is 0 Å². The number of ether oxygens (including phenoxy) is 1. The van der Waals surface area contributed by atoms with Crippen molar-refractivity contribution in [1.82, 2.24) is 0 Å². The summed E-state index contributed by atoms with van der Waals surface area (Å²) in [4.78, 5) is 0. The quantitative estimate of drug-likeness (QED) is 0.784. The van der Waals surface area contributed by atoms with E-state index < -0.39 is 0 Å². The summed E-state index contributed by atoms with van der Waals surface area (Å²) >= 11 is 5.27. The fraction of sp³-hybridized carbons (Fsp3) is 0.455. The van der Waals surface area contributed by atoms with Crippen LogP contribution in [0, 0.1) is 0 Å². The predicted octanol–water partition coefficient (Wildman–Crippen LogP) is 2.91. The minimum absolute atomic E-state index is 0.761. The number of nitrogens with two attached hydrogens (primary N) is 1. The minimum Gasteiger partial charge on any atom is -0.493 e. The van der Waals surface area contributed by atoms with Crippen LogP contribution in [0.4, 0.5) is 0 Å². The van der Waals surface area contributed by atoms with Gasteiger partial charge in [-0.15, -0.1) is 0 Å². The molecular weight excluding hydrogens is 274 g/mol. The second-order valence-corrected chi connectivity index (χ2v) is 5.20. The molecule has 0 unspecified atom stereocenters. The first-order valence-electron chi connectivity index (χ1n) is 4.99. The van der Waals surface area contributed by atoms with Crippen LogP contribution in [0.25, 0.3) is 0 Å². The van der Waals surface area contributed by atoms with Gasteiger partial charge in [-0.05, 0) is 43.0 Å². The Labute approximate surface area is 104 Å². The van der Waals surface area contributed by atoms with E-state index in [-0.39, 0.29) is 0 Å². The third kappa shape index (κ3) is 6.07. The predicted molar refractivity (Wildman–Crippen MR) is 70.6 cm³/mol. The summed E-state index contributed by atoms with van der Waals surface area (Å²) in [5.74, 6) is 3.08. The molecule has 0 amide bonds. The first-order chi connectivity index (χ1) is 7.33. The molecule has 1 rings (SSSR count). The molecular formula is C11H16BrNOS. The zero-order valence-electron chi connectivity index (χ0n) is 8.62. The van der Waals surface area contributed by atoms with Gasteiger partial charge in [0.25, 0.3) is 0 Å². The molecule has 0 heterocycles. The lowest BCUT2D eigenvalue weighted by molar-refractivity contribution is 0.344. The molecule has 1 aromatic carbocycles. The van der Waals surface area contributed by atoms with E-state index in [1.165, 1.54) is 0 Å². The topological polar surface area (TPSA) is 35.2 Å². The Morgan fingerprint density at radius 2 is 1.93 bits per heavy atom. The van der Waals surface area contributed by atoms with Gasteiger partial charge >= 0.3 is 0 Å². The molecule has 2 nitrogen and oxygen atoms in total. The SMILES string of the molecule is NCCCSCCOc1ccc(Br)cc1. The summed E-state index contributed by atoms with van der Waals surface area (Å²) in [5.41, 5.74) is 5.40. The lowest BCUT2D eigenvalue weighted by atomic mass is 10.3. The summed E-state index contributed by atoms with van der Waals surface area (Å²) in [5, 5.41) is 0. The fourth-order valence-electron chi connectivity index (χ4n) is 1.04. The molecule has 0 aromatic heterocycles. The van der Waals surface area contributed by atoms with Crippen LogP contribution in [-0.4, -0.2) is 24.7 Å². The molecule has 4 heteroatoms. The van der Waals surface area contributed by atoms with Crippen molar-refractivity contribution in [1.29, 1.82) is 0 Å². The van der Waals surface area contributed by atoms with E-state index in [2.05, 4.69) is 15.9 Å². The molecule has 2 N–H and O–H groups in total. The molecule has 0 radical (unpaired) electrons. The smallest absolute Gasteiger partial charge is 0.119 e. The Kier molecular flexibility index (Phi) is 6.88. The van der Waals surface area contributed by atoms with Crippen LogP contribution in [0.3, 0.4) is 0 Å². The van der Waals surface area contributed by atoms with E-state index in [1.54, 1.807) is 0 Å². The summed E-state index contributed by atoms with van der Waals surface area (Å²) < 4.78 is 6.64. The maximum atomic E-state index is 5.57. The van der Waals surface area contributed by atoms with Crippen LogP contribution in [0.2, 0.25) is 0 Å². The van der Waals surface area contributed by atoms with Crippen LogP contribution >= 0.6 is 27.7 Å². The maximum absolute atomic E-state index is 5.57. The average Bonchev–Trinajstić information content (AvgIpc) is 2.26. The lowest BCUT2D eigenvalue weighted by Gasteiger charge is -2.05. The van der Waals surface area contributed by atoms with E-state index in [1.807, 2.05) is 36.0 Å². The molecule has 84 valence electrons. The second kappa shape index (κ2) is 8.02. The molecule has 0 aliphatic carbocycles. The Morgan fingerprint density at radius 1 is 1.20 bits per heavy atom. The van der Waals surface area contributed by atoms with Crippen molar-refractivity contribution in [3.05, 3.63) is 28.7 Å². The third-order valence-electron chi connectivity index (χ3n) is 1.80. The zero-order chi connectivity index (χ0) is 10.9. The van der Waals surface area contributed by atoms with Gasteiger partial charge in [0, 0.05) is 10.2 Å². The molecule has 0 saturated heterocycles. The summed E-state index contributed by atoms with van der Waals surface area (Å²) in [7, 11) is 0. The van der Waals surface area contributed by atoms with Gasteiger partial charge in [-0.25, -0.2) is 0 Å². The molecule has 1 aromatic rings. The van der Waals surface area contributed by atoms with Crippen LogP contribution in [0.1, 0.15) is 6.42 Å². The van der Waals surface area contributed by atoms with Crippen LogP contribution in [0.15, 0.2) is 28.7 Å².